The maximum absolute atomic E-state index is 10.7. The predicted molar refractivity (Wildman–Crippen MR) is 63.0 cm³/mol. The van der Waals surface area contributed by atoms with Crippen molar-refractivity contribution in [2.45, 2.75) is 32.9 Å². The third kappa shape index (κ3) is 3.55. The zero-order valence-corrected chi connectivity index (χ0v) is 9.66. The number of aromatic hydroxyl groups is 1. The number of hydrogen-bond donors (Lipinski definition) is 3. The van der Waals surface area contributed by atoms with Crippen molar-refractivity contribution in [1.29, 1.82) is 0 Å². The van der Waals surface area contributed by atoms with Gasteiger partial charge in [-0.05, 0) is 19.4 Å². The van der Waals surface area contributed by atoms with Crippen LogP contribution >= 0.6 is 0 Å². The van der Waals surface area contributed by atoms with Crippen molar-refractivity contribution in [3.63, 3.8) is 0 Å². The average molecular weight is 222 g/mol. The third-order valence-corrected chi connectivity index (χ3v) is 2.47. The van der Waals surface area contributed by atoms with Gasteiger partial charge in [-0.2, -0.15) is 0 Å². The molecule has 4 N–H and O–H groups in total. The highest BCUT2D eigenvalue weighted by Crippen LogP contribution is 2.21. The molecule has 0 saturated heterocycles. The number of carbonyl (C=O) groups is 1. The number of nitrogens with two attached hydrogens (primary N) is 1. The number of nitrogens with one attached hydrogen (secondary N) is 1. The highest BCUT2D eigenvalue weighted by atomic mass is 16.3. The Kier molecular flexibility index (Phi) is 4.31. The lowest BCUT2D eigenvalue weighted by Crippen LogP contribution is -2.30. The number of hydrogen-bond acceptors (Lipinski definition) is 3. The van der Waals surface area contributed by atoms with Crippen LogP contribution in [-0.4, -0.2) is 17.1 Å². The number of carbonyl (C=O) groups excluding carboxylic acids is 1. The molecule has 0 spiro atoms. The minimum absolute atomic E-state index is 0.0115. The van der Waals surface area contributed by atoms with E-state index in [1.54, 1.807) is 0 Å². The molecule has 1 amide bonds. The van der Waals surface area contributed by atoms with E-state index in [0.29, 0.717) is 18.7 Å². The molecule has 1 atom stereocenters. The van der Waals surface area contributed by atoms with Crippen molar-refractivity contribution in [2.75, 3.05) is 0 Å². The molecule has 0 bridgehead atoms. The molecule has 0 aliphatic carbocycles. The standard InChI is InChI=1S/C12H18N2O2/c1-8-4-3-5-10(12(8)16)7-14-9(2)6-11(13)15/h3-5,9,14,16H,6-7H2,1-2H3,(H2,13,15). The summed E-state index contributed by atoms with van der Waals surface area (Å²) in [5.74, 6) is -0.0188. The van der Waals surface area contributed by atoms with Gasteiger partial charge in [-0.1, -0.05) is 18.2 Å². The van der Waals surface area contributed by atoms with Crippen LogP contribution in [0.4, 0.5) is 0 Å². The summed E-state index contributed by atoms with van der Waals surface area (Å²) in [4.78, 5) is 10.7. The molecule has 1 rings (SSSR count). The zero-order valence-electron chi connectivity index (χ0n) is 9.66. The van der Waals surface area contributed by atoms with Crippen LogP contribution in [0.5, 0.6) is 5.75 Å². The first kappa shape index (κ1) is 12.5. The molecule has 4 nitrogen and oxygen atoms in total. The largest absolute Gasteiger partial charge is 0.507 e. The van der Waals surface area contributed by atoms with Crippen LogP contribution in [0.1, 0.15) is 24.5 Å². The molecule has 0 aromatic heterocycles. The fourth-order valence-corrected chi connectivity index (χ4v) is 1.52. The van der Waals surface area contributed by atoms with Gasteiger partial charge < -0.3 is 16.2 Å². The van der Waals surface area contributed by atoms with Crippen LogP contribution in [0.3, 0.4) is 0 Å². The minimum Gasteiger partial charge on any atom is -0.507 e. The van der Waals surface area contributed by atoms with Crippen molar-refractivity contribution >= 4 is 5.91 Å². The second-order valence-electron chi connectivity index (χ2n) is 4.04. The topological polar surface area (TPSA) is 75.3 Å². The first-order valence-corrected chi connectivity index (χ1v) is 5.30. The Hall–Kier alpha value is -1.55. The van der Waals surface area contributed by atoms with Crippen LogP contribution in [-0.2, 0) is 11.3 Å². The van der Waals surface area contributed by atoms with Gasteiger partial charge in [0.15, 0.2) is 0 Å². The fraction of sp³-hybridized carbons (Fsp3) is 0.417. The first-order valence-electron chi connectivity index (χ1n) is 5.30. The number of phenols is 1. The van der Waals surface area contributed by atoms with E-state index >= 15 is 0 Å². The summed E-state index contributed by atoms with van der Waals surface area (Å²) in [6, 6.07) is 5.61. The summed E-state index contributed by atoms with van der Waals surface area (Å²) in [7, 11) is 0. The van der Waals surface area contributed by atoms with E-state index in [9.17, 15) is 9.90 Å². The smallest absolute Gasteiger partial charge is 0.218 e. The molecule has 1 aromatic carbocycles. The Morgan fingerprint density at radius 3 is 2.88 bits per heavy atom. The van der Waals surface area contributed by atoms with Gasteiger partial charge in [-0.3, -0.25) is 4.79 Å². The van der Waals surface area contributed by atoms with Gasteiger partial charge in [0.1, 0.15) is 5.75 Å². The maximum atomic E-state index is 10.7. The summed E-state index contributed by atoms with van der Waals surface area (Å²) < 4.78 is 0. The highest BCUT2D eigenvalue weighted by molar-refractivity contribution is 5.74. The summed E-state index contributed by atoms with van der Waals surface area (Å²) in [6.07, 6.45) is 0.298. The molecule has 4 heteroatoms. The van der Waals surface area contributed by atoms with Gasteiger partial charge in [0, 0.05) is 24.6 Å². The predicted octanol–water partition coefficient (Wildman–Crippen LogP) is 1.05. The Balaban J connectivity index is 2.54. The molecule has 1 aromatic rings. The van der Waals surface area contributed by atoms with Crippen LogP contribution < -0.4 is 11.1 Å². The lowest BCUT2D eigenvalue weighted by atomic mass is 10.1. The number of para-hydroxylation sites is 1. The van der Waals surface area contributed by atoms with Crippen LogP contribution in [0.2, 0.25) is 0 Å². The van der Waals surface area contributed by atoms with E-state index in [1.807, 2.05) is 32.0 Å². The lowest BCUT2D eigenvalue weighted by Gasteiger charge is -2.13. The number of primary amides is 1. The van der Waals surface area contributed by atoms with Crippen LogP contribution in [0.25, 0.3) is 0 Å². The van der Waals surface area contributed by atoms with E-state index in [0.717, 1.165) is 11.1 Å². The van der Waals surface area contributed by atoms with Gasteiger partial charge in [-0.25, -0.2) is 0 Å². The molecule has 0 aliphatic heterocycles. The molecule has 0 fully saturated rings. The van der Waals surface area contributed by atoms with Crippen molar-refractivity contribution in [3.8, 4) is 5.75 Å². The Morgan fingerprint density at radius 1 is 1.56 bits per heavy atom. The van der Waals surface area contributed by atoms with Crippen molar-refractivity contribution in [3.05, 3.63) is 29.3 Å². The van der Waals surface area contributed by atoms with Gasteiger partial charge in [-0.15, -0.1) is 0 Å². The van der Waals surface area contributed by atoms with Gasteiger partial charge in [0.05, 0.1) is 0 Å². The van der Waals surface area contributed by atoms with Crippen LogP contribution in [0, 0.1) is 6.92 Å². The average Bonchev–Trinajstić information content (AvgIpc) is 2.19. The van der Waals surface area contributed by atoms with Gasteiger partial charge >= 0.3 is 0 Å². The monoisotopic (exact) mass is 222 g/mol. The van der Waals surface area contributed by atoms with Crippen molar-refractivity contribution < 1.29 is 9.90 Å². The van der Waals surface area contributed by atoms with Gasteiger partial charge in [0.2, 0.25) is 5.91 Å². The molecule has 16 heavy (non-hydrogen) atoms. The molecule has 0 saturated carbocycles. The number of phenolic OH excluding ortho intramolecular Hbond substituents is 1. The SMILES string of the molecule is Cc1cccc(CNC(C)CC(N)=O)c1O. The quantitative estimate of drug-likeness (QED) is 0.697. The molecule has 0 radical (unpaired) electrons. The maximum Gasteiger partial charge on any atom is 0.218 e. The molecule has 0 heterocycles. The minimum atomic E-state index is -0.325. The molecular weight excluding hydrogens is 204 g/mol. The third-order valence-electron chi connectivity index (χ3n) is 2.47. The highest BCUT2D eigenvalue weighted by Gasteiger charge is 2.07. The zero-order chi connectivity index (χ0) is 12.1. The second kappa shape index (κ2) is 5.51. The number of amides is 1. The molecule has 0 aliphatic rings. The number of aryl methyl sites for hydroxylation is 1. The molecule has 88 valence electrons. The summed E-state index contributed by atoms with van der Waals surface area (Å²) in [5, 5.41) is 12.9. The van der Waals surface area contributed by atoms with E-state index in [4.69, 9.17) is 5.73 Å². The fourth-order valence-electron chi connectivity index (χ4n) is 1.52. The van der Waals surface area contributed by atoms with E-state index < -0.39 is 0 Å². The van der Waals surface area contributed by atoms with Gasteiger partial charge in [0.25, 0.3) is 0 Å². The Morgan fingerprint density at radius 2 is 2.25 bits per heavy atom. The Bertz CT molecular complexity index is 377. The van der Waals surface area contributed by atoms with E-state index in [2.05, 4.69) is 5.32 Å². The van der Waals surface area contributed by atoms with Crippen LogP contribution in [0.15, 0.2) is 18.2 Å². The lowest BCUT2D eigenvalue weighted by molar-refractivity contribution is -0.118. The van der Waals surface area contributed by atoms with Crippen molar-refractivity contribution in [1.82, 2.24) is 5.32 Å². The first-order chi connectivity index (χ1) is 7.50. The molecule has 1 unspecified atom stereocenters. The summed E-state index contributed by atoms with van der Waals surface area (Å²) in [5.41, 5.74) is 6.77. The second-order valence-corrected chi connectivity index (χ2v) is 4.04. The summed E-state index contributed by atoms with van der Waals surface area (Å²) >= 11 is 0. The van der Waals surface area contributed by atoms with E-state index in [1.165, 1.54) is 0 Å². The molecular formula is C12H18N2O2. The van der Waals surface area contributed by atoms with E-state index in [-0.39, 0.29) is 11.9 Å². The Labute approximate surface area is 95.5 Å². The number of rotatable bonds is 5. The number of benzene rings is 1. The summed E-state index contributed by atoms with van der Waals surface area (Å²) in [6.45, 7) is 4.27. The van der Waals surface area contributed by atoms with Crippen molar-refractivity contribution in [2.24, 2.45) is 5.73 Å². The normalized spacial score (nSPS) is 12.4.